The summed E-state index contributed by atoms with van der Waals surface area (Å²) in [6, 6.07) is 18.4. The molecule has 20 heavy (non-hydrogen) atoms. The zero-order valence-corrected chi connectivity index (χ0v) is 13.0. The van der Waals surface area contributed by atoms with Crippen LogP contribution in [0, 0.1) is 0 Å². The summed E-state index contributed by atoms with van der Waals surface area (Å²) in [6.07, 6.45) is 7.23. The van der Waals surface area contributed by atoms with Gasteiger partial charge in [-0.3, -0.25) is 0 Å². The second kappa shape index (κ2) is 7.71. The van der Waals surface area contributed by atoms with E-state index in [2.05, 4.69) is 58.4 Å². The Balaban J connectivity index is 1.94. The van der Waals surface area contributed by atoms with E-state index in [9.17, 15) is 0 Å². The van der Waals surface area contributed by atoms with Crippen molar-refractivity contribution in [2.75, 3.05) is 7.11 Å². The van der Waals surface area contributed by atoms with Crippen LogP contribution in [0.1, 0.15) is 11.1 Å². The monoisotopic (exact) mass is 328 g/mol. The summed E-state index contributed by atoms with van der Waals surface area (Å²) in [5.74, 6) is 0.892. The second-order valence-electron chi connectivity index (χ2n) is 4.39. The molecule has 0 aliphatic heterocycles. The molecule has 2 aromatic rings. The van der Waals surface area contributed by atoms with Crippen molar-refractivity contribution >= 4 is 22.0 Å². The van der Waals surface area contributed by atoms with E-state index in [4.69, 9.17) is 4.74 Å². The van der Waals surface area contributed by atoms with Crippen molar-refractivity contribution in [3.63, 3.8) is 0 Å². The predicted octanol–water partition coefficient (Wildman–Crippen LogP) is 5.23. The number of rotatable bonds is 5. The molecule has 0 spiro atoms. The van der Waals surface area contributed by atoms with Crippen LogP contribution < -0.4 is 4.74 Å². The molecule has 0 fully saturated rings. The van der Waals surface area contributed by atoms with Crippen LogP contribution in [0.3, 0.4) is 0 Å². The van der Waals surface area contributed by atoms with Gasteiger partial charge in [0.05, 0.1) is 7.11 Å². The van der Waals surface area contributed by atoms with E-state index < -0.39 is 0 Å². The van der Waals surface area contributed by atoms with E-state index >= 15 is 0 Å². The van der Waals surface area contributed by atoms with Gasteiger partial charge in [0.15, 0.2) is 0 Å². The van der Waals surface area contributed by atoms with Gasteiger partial charge in [-0.2, -0.15) is 0 Å². The van der Waals surface area contributed by atoms with Gasteiger partial charge in [-0.05, 0) is 35.8 Å². The number of halogens is 1. The highest BCUT2D eigenvalue weighted by atomic mass is 79.9. The standard InChI is InChI=1S/C18H17BrO/c1-20-18-12-10-15(11-13-18)8-5-9-17(19)14-16-6-3-2-4-7-16/h2-7,9-14H,8H2,1H3/b9-5+,17-14?. The minimum Gasteiger partial charge on any atom is -0.497 e. The summed E-state index contributed by atoms with van der Waals surface area (Å²) in [4.78, 5) is 0. The van der Waals surface area contributed by atoms with Crippen molar-refractivity contribution in [2.45, 2.75) is 6.42 Å². The molecule has 1 nitrogen and oxygen atoms in total. The highest BCUT2D eigenvalue weighted by Gasteiger charge is 1.92. The van der Waals surface area contributed by atoms with Gasteiger partial charge in [-0.15, -0.1) is 0 Å². The minimum absolute atomic E-state index is 0.892. The summed E-state index contributed by atoms with van der Waals surface area (Å²) in [7, 11) is 1.68. The molecule has 2 aromatic carbocycles. The van der Waals surface area contributed by atoms with Crippen molar-refractivity contribution in [3.8, 4) is 5.75 Å². The van der Waals surface area contributed by atoms with Gasteiger partial charge in [-0.25, -0.2) is 0 Å². The van der Waals surface area contributed by atoms with Gasteiger partial charge in [-0.1, -0.05) is 70.5 Å². The Morgan fingerprint density at radius 1 is 1.05 bits per heavy atom. The van der Waals surface area contributed by atoms with Crippen molar-refractivity contribution in [2.24, 2.45) is 0 Å². The van der Waals surface area contributed by atoms with Crippen LogP contribution in [0.2, 0.25) is 0 Å². The van der Waals surface area contributed by atoms with Gasteiger partial charge in [0.1, 0.15) is 5.75 Å². The lowest BCUT2D eigenvalue weighted by atomic mass is 10.1. The Morgan fingerprint density at radius 3 is 2.40 bits per heavy atom. The molecule has 2 rings (SSSR count). The Kier molecular flexibility index (Phi) is 5.63. The Morgan fingerprint density at radius 2 is 1.75 bits per heavy atom. The van der Waals surface area contributed by atoms with E-state index in [-0.39, 0.29) is 0 Å². The number of benzene rings is 2. The van der Waals surface area contributed by atoms with Gasteiger partial charge in [0, 0.05) is 4.48 Å². The van der Waals surface area contributed by atoms with Crippen LogP contribution in [0.5, 0.6) is 5.75 Å². The molecule has 0 aliphatic rings. The lowest BCUT2D eigenvalue weighted by Crippen LogP contribution is -1.84. The molecule has 2 heteroatoms. The quantitative estimate of drug-likeness (QED) is 0.683. The smallest absolute Gasteiger partial charge is 0.118 e. The SMILES string of the molecule is COc1ccc(C/C=C/C(Br)=Cc2ccccc2)cc1. The molecule has 0 bridgehead atoms. The summed E-state index contributed by atoms with van der Waals surface area (Å²) < 4.78 is 6.21. The number of ether oxygens (including phenoxy) is 1. The minimum atomic E-state index is 0.892. The third-order valence-electron chi connectivity index (χ3n) is 2.89. The number of allylic oxidation sites excluding steroid dienone is 3. The van der Waals surface area contributed by atoms with Crippen LogP contribution in [-0.2, 0) is 6.42 Å². The summed E-state index contributed by atoms with van der Waals surface area (Å²) >= 11 is 3.57. The first kappa shape index (κ1) is 14.6. The molecular formula is C18H17BrO. The third-order valence-corrected chi connectivity index (χ3v) is 3.39. The van der Waals surface area contributed by atoms with E-state index in [1.165, 1.54) is 11.1 Å². The van der Waals surface area contributed by atoms with E-state index in [1.54, 1.807) is 7.11 Å². The molecule has 0 saturated heterocycles. The number of hydrogen-bond acceptors (Lipinski definition) is 1. The highest BCUT2D eigenvalue weighted by Crippen LogP contribution is 2.15. The average molecular weight is 329 g/mol. The Labute approximate surface area is 128 Å². The molecule has 0 amide bonds. The van der Waals surface area contributed by atoms with Crippen LogP contribution >= 0.6 is 15.9 Å². The zero-order valence-electron chi connectivity index (χ0n) is 11.4. The molecular weight excluding hydrogens is 312 g/mol. The fourth-order valence-corrected chi connectivity index (χ4v) is 2.28. The molecule has 0 atom stereocenters. The lowest BCUT2D eigenvalue weighted by Gasteiger charge is -2.00. The molecule has 0 heterocycles. The largest absolute Gasteiger partial charge is 0.497 e. The fraction of sp³-hybridized carbons (Fsp3) is 0.111. The molecule has 0 saturated carbocycles. The van der Waals surface area contributed by atoms with Gasteiger partial charge < -0.3 is 4.74 Å². The van der Waals surface area contributed by atoms with Crippen LogP contribution in [0.15, 0.2) is 71.2 Å². The highest BCUT2D eigenvalue weighted by molar-refractivity contribution is 9.12. The molecule has 0 unspecified atom stereocenters. The first-order chi connectivity index (χ1) is 9.78. The van der Waals surface area contributed by atoms with E-state index in [0.717, 1.165) is 16.7 Å². The van der Waals surface area contributed by atoms with Crippen molar-refractivity contribution in [1.29, 1.82) is 0 Å². The normalized spacial score (nSPS) is 11.8. The molecule has 102 valence electrons. The fourth-order valence-electron chi connectivity index (χ4n) is 1.83. The van der Waals surface area contributed by atoms with Crippen LogP contribution in [0.4, 0.5) is 0 Å². The summed E-state index contributed by atoms with van der Waals surface area (Å²) in [5, 5.41) is 0. The van der Waals surface area contributed by atoms with Crippen LogP contribution in [-0.4, -0.2) is 7.11 Å². The van der Waals surface area contributed by atoms with Gasteiger partial charge in [0.2, 0.25) is 0 Å². The maximum atomic E-state index is 5.14. The Bertz CT molecular complexity index is 583. The predicted molar refractivity (Wildman–Crippen MR) is 89.2 cm³/mol. The van der Waals surface area contributed by atoms with E-state index in [1.807, 2.05) is 30.3 Å². The molecule has 0 N–H and O–H groups in total. The third kappa shape index (κ3) is 4.71. The number of methoxy groups -OCH3 is 1. The molecule has 0 aliphatic carbocycles. The molecule has 0 radical (unpaired) electrons. The van der Waals surface area contributed by atoms with Crippen molar-refractivity contribution < 1.29 is 4.74 Å². The number of hydrogen-bond donors (Lipinski definition) is 0. The first-order valence-electron chi connectivity index (χ1n) is 6.49. The maximum absolute atomic E-state index is 5.14. The summed E-state index contributed by atoms with van der Waals surface area (Å²) in [5.41, 5.74) is 2.45. The van der Waals surface area contributed by atoms with Crippen molar-refractivity contribution in [3.05, 3.63) is 82.4 Å². The second-order valence-corrected chi connectivity index (χ2v) is 5.31. The van der Waals surface area contributed by atoms with Crippen LogP contribution in [0.25, 0.3) is 6.08 Å². The topological polar surface area (TPSA) is 9.23 Å². The Hall–Kier alpha value is -1.80. The van der Waals surface area contributed by atoms with Gasteiger partial charge >= 0.3 is 0 Å². The maximum Gasteiger partial charge on any atom is 0.118 e. The van der Waals surface area contributed by atoms with Gasteiger partial charge in [0.25, 0.3) is 0 Å². The first-order valence-corrected chi connectivity index (χ1v) is 7.29. The lowest BCUT2D eigenvalue weighted by molar-refractivity contribution is 0.414. The summed E-state index contributed by atoms with van der Waals surface area (Å²) in [6.45, 7) is 0. The molecule has 0 aromatic heterocycles. The average Bonchev–Trinajstić information content (AvgIpc) is 2.49. The van der Waals surface area contributed by atoms with Crippen molar-refractivity contribution in [1.82, 2.24) is 0 Å². The van der Waals surface area contributed by atoms with E-state index in [0.29, 0.717) is 0 Å². The zero-order chi connectivity index (χ0) is 14.2.